The van der Waals surface area contributed by atoms with Crippen LogP contribution in [0.5, 0.6) is 0 Å². The van der Waals surface area contributed by atoms with Crippen molar-refractivity contribution in [3.63, 3.8) is 0 Å². The third-order valence-corrected chi connectivity index (χ3v) is 4.15. The second kappa shape index (κ2) is 4.85. The number of halogens is 1. The zero-order chi connectivity index (χ0) is 13.4. The number of nitrogens with one attached hydrogen (secondary N) is 1. The average molecular weight is 282 g/mol. The van der Waals surface area contributed by atoms with Crippen LogP contribution < -0.4 is 10.6 Å². The van der Waals surface area contributed by atoms with Crippen molar-refractivity contribution >= 4 is 23.1 Å². The number of fused-ring (bicyclic) bond motifs is 1. The molecule has 0 radical (unpaired) electrons. The van der Waals surface area contributed by atoms with Gasteiger partial charge < -0.3 is 4.90 Å². The molecule has 1 saturated heterocycles. The molecule has 1 aliphatic rings. The van der Waals surface area contributed by atoms with E-state index in [1.54, 1.807) is 0 Å². The molecule has 0 aromatic carbocycles. The molecule has 3 rings (SSSR count). The molecule has 0 atom stereocenters. The molecule has 2 aromatic heterocycles. The molecule has 7 heteroatoms. The summed E-state index contributed by atoms with van der Waals surface area (Å²) in [6, 6.07) is 1.85. The van der Waals surface area contributed by atoms with Crippen molar-refractivity contribution in [3.05, 3.63) is 22.4 Å². The normalized spacial score (nSPS) is 17.3. The van der Waals surface area contributed by atoms with E-state index in [4.69, 9.17) is 11.6 Å². The molecular weight excluding hydrogens is 266 g/mol. The van der Waals surface area contributed by atoms with Crippen molar-refractivity contribution in [2.24, 2.45) is 5.92 Å². The molecule has 1 N–H and O–H groups in total. The third kappa shape index (κ3) is 2.20. The van der Waals surface area contributed by atoms with Gasteiger partial charge in [-0.05, 0) is 25.7 Å². The number of aromatic amines is 1. The van der Waals surface area contributed by atoms with Crippen LogP contribution >= 0.6 is 11.6 Å². The first-order chi connectivity index (χ1) is 9.19. The van der Waals surface area contributed by atoms with E-state index >= 15 is 0 Å². The molecule has 1 aliphatic heterocycles. The molecule has 0 bridgehead atoms. The number of aryl methyl sites for hydroxylation is 1. The maximum absolute atomic E-state index is 11.5. The lowest BCUT2D eigenvalue weighted by Gasteiger charge is -2.32. The minimum absolute atomic E-state index is 0.243. The van der Waals surface area contributed by atoms with Gasteiger partial charge in [-0.1, -0.05) is 0 Å². The van der Waals surface area contributed by atoms with Crippen LogP contribution in [0.15, 0.2) is 10.9 Å². The van der Waals surface area contributed by atoms with E-state index in [-0.39, 0.29) is 5.69 Å². The number of hydrogen-bond acceptors (Lipinski definition) is 4. The topological polar surface area (TPSA) is 66.3 Å². The third-order valence-electron chi connectivity index (χ3n) is 3.71. The Morgan fingerprint density at radius 1 is 1.47 bits per heavy atom. The summed E-state index contributed by atoms with van der Waals surface area (Å²) in [6.45, 7) is 3.72. The minimum Gasteiger partial charge on any atom is -0.356 e. The van der Waals surface area contributed by atoms with E-state index in [1.807, 2.05) is 13.0 Å². The van der Waals surface area contributed by atoms with Crippen molar-refractivity contribution in [3.8, 4) is 0 Å². The predicted molar refractivity (Wildman–Crippen MR) is 74.0 cm³/mol. The van der Waals surface area contributed by atoms with Crippen LogP contribution in [0.3, 0.4) is 0 Å². The highest BCUT2D eigenvalue weighted by atomic mass is 35.5. The maximum Gasteiger partial charge on any atom is 0.349 e. The number of rotatable bonds is 2. The van der Waals surface area contributed by atoms with Gasteiger partial charge in [0.25, 0.3) is 0 Å². The van der Waals surface area contributed by atoms with Crippen LogP contribution in [-0.2, 0) is 0 Å². The van der Waals surface area contributed by atoms with Crippen LogP contribution in [0, 0.1) is 12.8 Å². The largest absolute Gasteiger partial charge is 0.356 e. The van der Waals surface area contributed by atoms with E-state index in [1.165, 1.54) is 4.40 Å². The lowest BCUT2D eigenvalue weighted by molar-refractivity contribution is 0.440. The van der Waals surface area contributed by atoms with Crippen LogP contribution in [0.25, 0.3) is 5.65 Å². The van der Waals surface area contributed by atoms with E-state index in [2.05, 4.69) is 20.1 Å². The number of aromatic nitrogens is 4. The minimum atomic E-state index is -0.243. The van der Waals surface area contributed by atoms with Gasteiger partial charge in [0.1, 0.15) is 11.6 Å². The zero-order valence-corrected chi connectivity index (χ0v) is 11.5. The van der Waals surface area contributed by atoms with Gasteiger partial charge in [0.2, 0.25) is 0 Å². The molecule has 3 heterocycles. The molecule has 6 nitrogen and oxygen atoms in total. The van der Waals surface area contributed by atoms with Gasteiger partial charge in [-0.15, -0.1) is 11.6 Å². The monoisotopic (exact) mass is 281 g/mol. The molecule has 1 fully saturated rings. The number of H-pyrrole nitrogens is 1. The van der Waals surface area contributed by atoms with Gasteiger partial charge >= 0.3 is 5.69 Å². The Labute approximate surface area is 115 Å². The lowest BCUT2D eigenvalue weighted by atomic mass is 9.99. The summed E-state index contributed by atoms with van der Waals surface area (Å²) in [5.74, 6) is 2.88. The number of anilines is 1. The average Bonchev–Trinajstić information content (AvgIpc) is 2.81. The maximum atomic E-state index is 11.5. The van der Waals surface area contributed by atoms with Gasteiger partial charge in [0.15, 0.2) is 5.65 Å². The Bertz CT molecular complexity index is 641. The molecular formula is C12H16ClN5O. The summed E-state index contributed by atoms with van der Waals surface area (Å²) < 4.78 is 1.48. The summed E-state index contributed by atoms with van der Waals surface area (Å²) in [6.07, 6.45) is 2.17. The van der Waals surface area contributed by atoms with Crippen molar-refractivity contribution in [2.45, 2.75) is 19.8 Å². The standard InChI is InChI=1S/C12H16ClN5O/c1-8-14-10(6-11-15-16-12(19)18(8)11)17-4-2-9(7-13)3-5-17/h6,9H,2-5,7H2,1H3,(H,16,19). The highest BCUT2D eigenvalue weighted by molar-refractivity contribution is 6.18. The molecule has 2 aromatic rings. The Balaban J connectivity index is 1.92. The molecule has 0 amide bonds. The number of alkyl halides is 1. The Hall–Kier alpha value is -1.56. The van der Waals surface area contributed by atoms with Crippen molar-refractivity contribution in [1.29, 1.82) is 0 Å². The second-order valence-corrected chi connectivity index (χ2v) is 5.28. The van der Waals surface area contributed by atoms with Gasteiger partial charge in [-0.25, -0.2) is 19.3 Å². The highest BCUT2D eigenvalue weighted by Crippen LogP contribution is 2.23. The van der Waals surface area contributed by atoms with Crippen LogP contribution in [0.4, 0.5) is 5.82 Å². The number of nitrogens with zero attached hydrogens (tertiary/aromatic N) is 4. The zero-order valence-electron chi connectivity index (χ0n) is 10.8. The van der Waals surface area contributed by atoms with Gasteiger partial charge in [-0.3, -0.25) is 0 Å². The predicted octanol–water partition coefficient (Wildman–Crippen LogP) is 1.18. The Morgan fingerprint density at radius 2 is 2.21 bits per heavy atom. The number of hydrogen-bond donors (Lipinski definition) is 1. The highest BCUT2D eigenvalue weighted by Gasteiger charge is 2.20. The fraction of sp³-hybridized carbons (Fsp3) is 0.583. The summed E-state index contributed by atoms with van der Waals surface area (Å²) in [4.78, 5) is 18.3. The lowest BCUT2D eigenvalue weighted by Crippen LogP contribution is -2.35. The molecule has 0 saturated carbocycles. The van der Waals surface area contributed by atoms with E-state index < -0.39 is 0 Å². The van der Waals surface area contributed by atoms with Gasteiger partial charge in [0.05, 0.1) is 0 Å². The molecule has 0 aliphatic carbocycles. The van der Waals surface area contributed by atoms with Crippen molar-refractivity contribution in [2.75, 3.05) is 23.9 Å². The first kappa shape index (κ1) is 12.5. The van der Waals surface area contributed by atoms with Crippen LogP contribution in [0.1, 0.15) is 18.7 Å². The Kier molecular flexibility index (Phi) is 3.18. The van der Waals surface area contributed by atoms with Gasteiger partial charge in [0, 0.05) is 25.0 Å². The quantitative estimate of drug-likeness (QED) is 0.840. The summed E-state index contributed by atoms with van der Waals surface area (Å²) in [7, 11) is 0. The summed E-state index contributed by atoms with van der Waals surface area (Å²) >= 11 is 5.89. The molecule has 0 unspecified atom stereocenters. The van der Waals surface area contributed by atoms with E-state index in [9.17, 15) is 4.79 Å². The Morgan fingerprint density at radius 3 is 2.89 bits per heavy atom. The van der Waals surface area contributed by atoms with Gasteiger partial charge in [-0.2, -0.15) is 5.10 Å². The molecule has 19 heavy (non-hydrogen) atoms. The van der Waals surface area contributed by atoms with E-state index in [0.29, 0.717) is 17.4 Å². The first-order valence-electron chi connectivity index (χ1n) is 6.44. The molecule has 102 valence electrons. The van der Waals surface area contributed by atoms with Crippen molar-refractivity contribution < 1.29 is 0 Å². The van der Waals surface area contributed by atoms with Crippen molar-refractivity contribution in [1.82, 2.24) is 19.6 Å². The summed E-state index contributed by atoms with van der Waals surface area (Å²) in [5.41, 5.74) is 0.374. The van der Waals surface area contributed by atoms with Crippen LogP contribution in [0.2, 0.25) is 0 Å². The molecule has 0 spiro atoms. The first-order valence-corrected chi connectivity index (χ1v) is 6.98. The SMILES string of the molecule is Cc1nc(N2CCC(CCl)CC2)cc2n[nH]c(=O)n12. The smallest absolute Gasteiger partial charge is 0.349 e. The fourth-order valence-corrected chi connectivity index (χ4v) is 2.87. The summed E-state index contributed by atoms with van der Waals surface area (Å²) in [5, 5.41) is 6.45. The van der Waals surface area contributed by atoms with Crippen LogP contribution in [-0.4, -0.2) is 38.6 Å². The van der Waals surface area contributed by atoms with E-state index in [0.717, 1.165) is 37.6 Å². The second-order valence-electron chi connectivity index (χ2n) is 4.97. The number of piperidine rings is 1. The fourth-order valence-electron chi connectivity index (χ4n) is 2.56.